The summed E-state index contributed by atoms with van der Waals surface area (Å²) in [6.45, 7) is 3.18. The minimum Gasteiger partial charge on any atom is -0.489 e. The molecule has 0 aliphatic carbocycles. The first-order chi connectivity index (χ1) is 12.1. The number of ether oxygens (including phenoxy) is 2. The van der Waals surface area contributed by atoms with Gasteiger partial charge in [-0.3, -0.25) is 4.79 Å². The molecule has 2 N–H and O–H groups in total. The van der Waals surface area contributed by atoms with E-state index in [4.69, 9.17) is 15.2 Å². The molecule has 2 heterocycles. The molecular formula is C19H25FN2O3. The Morgan fingerprint density at radius 2 is 1.96 bits per heavy atom. The largest absolute Gasteiger partial charge is 0.489 e. The Balaban J connectivity index is 1.64. The molecule has 2 unspecified atom stereocenters. The van der Waals surface area contributed by atoms with Crippen molar-refractivity contribution >= 4 is 5.91 Å². The van der Waals surface area contributed by atoms with Gasteiger partial charge in [0.25, 0.3) is 0 Å². The molecule has 0 radical (unpaired) electrons. The van der Waals surface area contributed by atoms with Gasteiger partial charge in [0.2, 0.25) is 5.91 Å². The summed E-state index contributed by atoms with van der Waals surface area (Å²) in [6, 6.07) is 8.25. The van der Waals surface area contributed by atoms with Crippen LogP contribution < -0.4 is 10.5 Å². The molecule has 5 nitrogen and oxygen atoms in total. The Bertz CT molecular complexity index is 618. The summed E-state index contributed by atoms with van der Waals surface area (Å²) in [4.78, 5) is 13.9. The second-order valence-electron chi connectivity index (χ2n) is 6.77. The lowest BCUT2D eigenvalue weighted by Crippen LogP contribution is -2.58. The van der Waals surface area contributed by atoms with Crippen LogP contribution in [0.1, 0.15) is 31.2 Å². The van der Waals surface area contributed by atoms with Crippen molar-refractivity contribution in [3.8, 4) is 5.75 Å². The number of benzene rings is 1. The van der Waals surface area contributed by atoms with Crippen molar-refractivity contribution in [1.29, 1.82) is 0 Å². The first kappa shape index (κ1) is 17.9. The Hall–Kier alpha value is -1.92. The monoisotopic (exact) mass is 348 g/mol. The van der Waals surface area contributed by atoms with E-state index in [1.54, 1.807) is 6.92 Å². The smallest absolute Gasteiger partial charge is 0.220 e. The van der Waals surface area contributed by atoms with Gasteiger partial charge < -0.3 is 20.1 Å². The van der Waals surface area contributed by atoms with Crippen LogP contribution in [0.3, 0.4) is 0 Å². The maximum Gasteiger partial charge on any atom is 0.220 e. The molecule has 25 heavy (non-hydrogen) atoms. The molecule has 3 rings (SSSR count). The van der Waals surface area contributed by atoms with Crippen molar-refractivity contribution in [3.05, 3.63) is 41.7 Å². The third kappa shape index (κ3) is 4.02. The Kier molecular flexibility index (Phi) is 5.71. The van der Waals surface area contributed by atoms with Gasteiger partial charge in [-0.25, -0.2) is 4.39 Å². The van der Waals surface area contributed by atoms with E-state index in [1.165, 1.54) is 5.56 Å². The summed E-state index contributed by atoms with van der Waals surface area (Å²) >= 11 is 0. The molecule has 0 saturated carbocycles. The van der Waals surface area contributed by atoms with Crippen LogP contribution in [0.5, 0.6) is 5.75 Å². The van der Waals surface area contributed by atoms with E-state index >= 15 is 0 Å². The van der Waals surface area contributed by atoms with Gasteiger partial charge in [-0.05, 0) is 36.5 Å². The molecule has 2 bridgehead atoms. The third-order valence-corrected chi connectivity index (χ3v) is 5.08. The van der Waals surface area contributed by atoms with Crippen LogP contribution in [0.4, 0.5) is 4.39 Å². The zero-order valence-electron chi connectivity index (χ0n) is 14.5. The molecule has 1 amide bonds. The fourth-order valence-electron chi connectivity index (χ4n) is 3.85. The number of morpholine rings is 1. The summed E-state index contributed by atoms with van der Waals surface area (Å²) in [5.74, 6) is 1.24. The number of piperidine rings is 1. The average molecular weight is 348 g/mol. The summed E-state index contributed by atoms with van der Waals surface area (Å²) in [6.07, 6.45) is 2.33. The van der Waals surface area contributed by atoms with Gasteiger partial charge in [0.05, 0.1) is 31.6 Å². The lowest BCUT2D eigenvalue weighted by Gasteiger charge is -2.48. The Morgan fingerprint density at radius 1 is 1.32 bits per heavy atom. The standard InChI is InChI=1S/C19H25FN2O3/c1-13(23)22-17-6-16(7-18(22)12-24-11-17)15-2-4-19(5-3-15)25-10-14(8-20)9-21/h2-5,8,16-18H,6-7,9-12,21H2,1H3/b14-8+. The molecule has 2 saturated heterocycles. The highest BCUT2D eigenvalue weighted by Gasteiger charge is 2.40. The van der Waals surface area contributed by atoms with Gasteiger partial charge in [-0.15, -0.1) is 0 Å². The summed E-state index contributed by atoms with van der Waals surface area (Å²) in [5, 5.41) is 0. The van der Waals surface area contributed by atoms with Crippen molar-refractivity contribution < 1.29 is 18.7 Å². The summed E-state index contributed by atoms with van der Waals surface area (Å²) in [7, 11) is 0. The highest BCUT2D eigenvalue weighted by Crippen LogP contribution is 2.38. The number of hydrogen-bond acceptors (Lipinski definition) is 4. The van der Waals surface area contributed by atoms with Crippen molar-refractivity contribution in [2.24, 2.45) is 5.73 Å². The fraction of sp³-hybridized carbons (Fsp3) is 0.526. The summed E-state index contributed by atoms with van der Waals surface area (Å²) < 4.78 is 23.7. The van der Waals surface area contributed by atoms with Crippen LogP contribution in [0, 0.1) is 0 Å². The van der Waals surface area contributed by atoms with Crippen LogP contribution >= 0.6 is 0 Å². The highest BCUT2D eigenvalue weighted by molar-refractivity contribution is 5.74. The normalized spacial score (nSPS) is 26.4. The maximum atomic E-state index is 12.5. The lowest BCUT2D eigenvalue weighted by atomic mass is 9.81. The van der Waals surface area contributed by atoms with Crippen molar-refractivity contribution in [2.45, 2.75) is 37.8 Å². The first-order valence-corrected chi connectivity index (χ1v) is 8.70. The van der Waals surface area contributed by atoms with E-state index in [0.29, 0.717) is 36.8 Å². The molecule has 2 aliphatic heterocycles. The predicted octanol–water partition coefficient (Wildman–Crippen LogP) is 2.37. The van der Waals surface area contributed by atoms with Crippen LogP contribution in [0.25, 0.3) is 0 Å². The van der Waals surface area contributed by atoms with Crippen LogP contribution in [0.15, 0.2) is 36.2 Å². The molecule has 1 aromatic rings. The van der Waals surface area contributed by atoms with E-state index in [-0.39, 0.29) is 31.1 Å². The minimum atomic E-state index is 0.136. The zero-order chi connectivity index (χ0) is 17.8. The van der Waals surface area contributed by atoms with Crippen molar-refractivity contribution in [3.63, 3.8) is 0 Å². The third-order valence-electron chi connectivity index (χ3n) is 5.08. The topological polar surface area (TPSA) is 64.8 Å². The molecule has 0 aromatic heterocycles. The summed E-state index contributed by atoms with van der Waals surface area (Å²) in [5.41, 5.74) is 7.09. The van der Waals surface area contributed by atoms with Crippen molar-refractivity contribution in [1.82, 2.24) is 4.90 Å². The van der Waals surface area contributed by atoms with Gasteiger partial charge in [-0.2, -0.15) is 0 Å². The van der Waals surface area contributed by atoms with E-state index in [9.17, 15) is 9.18 Å². The van der Waals surface area contributed by atoms with E-state index in [2.05, 4.69) is 12.1 Å². The zero-order valence-corrected chi connectivity index (χ0v) is 14.5. The van der Waals surface area contributed by atoms with Crippen molar-refractivity contribution in [2.75, 3.05) is 26.4 Å². The van der Waals surface area contributed by atoms with Gasteiger partial charge in [0.15, 0.2) is 0 Å². The minimum absolute atomic E-state index is 0.136. The SMILES string of the molecule is CC(=O)N1C2COCC1CC(c1ccc(OC/C(=C/F)CN)cc1)C2. The number of amides is 1. The number of rotatable bonds is 5. The fourth-order valence-corrected chi connectivity index (χ4v) is 3.85. The molecule has 1 aromatic carbocycles. The van der Waals surface area contributed by atoms with Gasteiger partial charge >= 0.3 is 0 Å². The predicted molar refractivity (Wildman–Crippen MR) is 93.1 cm³/mol. The number of carbonyl (C=O) groups is 1. The molecular weight excluding hydrogens is 323 g/mol. The Labute approximate surface area is 147 Å². The second-order valence-corrected chi connectivity index (χ2v) is 6.77. The second kappa shape index (κ2) is 7.97. The molecule has 2 atom stereocenters. The number of hydrogen-bond donors (Lipinski definition) is 1. The van der Waals surface area contributed by atoms with Gasteiger partial charge in [-0.1, -0.05) is 12.1 Å². The number of nitrogens with two attached hydrogens (primary N) is 1. The lowest BCUT2D eigenvalue weighted by molar-refractivity contribution is -0.149. The number of halogens is 1. The number of fused-ring (bicyclic) bond motifs is 2. The van der Waals surface area contributed by atoms with E-state index < -0.39 is 0 Å². The van der Waals surface area contributed by atoms with Crippen LogP contribution in [-0.2, 0) is 9.53 Å². The number of nitrogens with zero attached hydrogens (tertiary/aromatic N) is 1. The average Bonchev–Trinajstić information content (AvgIpc) is 2.62. The Morgan fingerprint density at radius 3 is 2.48 bits per heavy atom. The van der Waals surface area contributed by atoms with Crippen LogP contribution in [0.2, 0.25) is 0 Å². The molecule has 0 spiro atoms. The highest BCUT2D eigenvalue weighted by atomic mass is 19.1. The maximum absolute atomic E-state index is 12.5. The molecule has 6 heteroatoms. The quantitative estimate of drug-likeness (QED) is 0.887. The number of carbonyl (C=O) groups excluding carboxylic acids is 1. The van der Waals surface area contributed by atoms with E-state index in [0.717, 1.165) is 12.8 Å². The molecule has 2 fully saturated rings. The molecule has 2 aliphatic rings. The van der Waals surface area contributed by atoms with Gasteiger partial charge in [0, 0.05) is 19.0 Å². The van der Waals surface area contributed by atoms with Crippen LogP contribution in [-0.4, -0.2) is 49.3 Å². The molecule has 136 valence electrons. The van der Waals surface area contributed by atoms with Gasteiger partial charge in [0.1, 0.15) is 12.4 Å². The first-order valence-electron chi connectivity index (χ1n) is 8.70. The van der Waals surface area contributed by atoms with E-state index in [1.807, 2.05) is 17.0 Å².